The van der Waals surface area contributed by atoms with E-state index in [1.807, 2.05) is 0 Å². The van der Waals surface area contributed by atoms with Gasteiger partial charge in [0.25, 0.3) is 0 Å². The van der Waals surface area contributed by atoms with Crippen molar-refractivity contribution in [2.24, 2.45) is 5.73 Å². The second-order valence-electron chi connectivity index (χ2n) is 4.83. The molecular formula is C12H22F3N3O2. The molecule has 20 heavy (non-hydrogen) atoms. The molecule has 2 N–H and O–H groups in total. The van der Waals surface area contributed by atoms with Crippen LogP contribution in [0.2, 0.25) is 0 Å². The Balaban J connectivity index is 2.15. The summed E-state index contributed by atoms with van der Waals surface area (Å²) in [5.41, 5.74) is 5.42. The van der Waals surface area contributed by atoms with E-state index in [0.717, 1.165) is 32.5 Å². The van der Waals surface area contributed by atoms with Crippen LogP contribution in [0.3, 0.4) is 0 Å². The van der Waals surface area contributed by atoms with Gasteiger partial charge in [-0.05, 0) is 25.9 Å². The van der Waals surface area contributed by atoms with Crippen LogP contribution in [0.4, 0.5) is 13.2 Å². The summed E-state index contributed by atoms with van der Waals surface area (Å²) in [5, 5.41) is 0. The summed E-state index contributed by atoms with van der Waals surface area (Å²) in [5.74, 6) is -0.379. The van der Waals surface area contributed by atoms with Crippen LogP contribution in [0.15, 0.2) is 0 Å². The summed E-state index contributed by atoms with van der Waals surface area (Å²) >= 11 is 0. The van der Waals surface area contributed by atoms with E-state index in [9.17, 15) is 18.0 Å². The Morgan fingerprint density at radius 1 is 1.15 bits per heavy atom. The molecule has 0 aliphatic carbocycles. The van der Waals surface area contributed by atoms with Crippen molar-refractivity contribution in [1.29, 1.82) is 0 Å². The van der Waals surface area contributed by atoms with E-state index in [0.29, 0.717) is 19.6 Å². The average molecular weight is 297 g/mol. The molecule has 1 rings (SSSR count). The van der Waals surface area contributed by atoms with Crippen LogP contribution in [0.25, 0.3) is 0 Å². The third-order valence-electron chi connectivity index (χ3n) is 3.14. The number of alkyl halides is 3. The van der Waals surface area contributed by atoms with Gasteiger partial charge >= 0.3 is 6.18 Å². The van der Waals surface area contributed by atoms with Crippen molar-refractivity contribution in [1.82, 2.24) is 9.80 Å². The van der Waals surface area contributed by atoms with Gasteiger partial charge in [-0.1, -0.05) is 0 Å². The minimum Gasteiger partial charge on any atom is -0.362 e. The van der Waals surface area contributed by atoms with Crippen LogP contribution >= 0.6 is 0 Å². The summed E-state index contributed by atoms with van der Waals surface area (Å²) in [7, 11) is 0. The largest absolute Gasteiger partial charge is 0.411 e. The highest BCUT2D eigenvalue weighted by molar-refractivity contribution is 5.77. The zero-order valence-corrected chi connectivity index (χ0v) is 11.5. The summed E-state index contributed by atoms with van der Waals surface area (Å²) in [4.78, 5) is 15.4. The molecule has 0 bridgehead atoms. The van der Waals surface area contributed by atoms with Crippen LogP contribution in [-0.2, 0) is 9.53 Å². The fourth-order valence-corrected chi connectivity index (χ4v) is 2.05. The number of nitrogens with zero attached hydrogens (tertiary/aromatic N) is 2. The maximum Gasteiger partial charge on any atom is 0.411 e. The Hall–Kier alpha value is -0.860. The van der Waals surface area contributed by atoms with Gasteiger partial charge in [0.05, 0.1) is 0 Å². The van der Waals surface area contributed by atoms with E-state index in [1.54, 1.807) is 4.90 Å². The van der Waals surface area contributed by atoms with Crippen molar-refractivity contribution >= 4 is 5.91 Å². The molecule has 1 aliphatic rings. The third kappa shape index (κ3) is 7.06. The first-order chi connectivity index (χ1) is 9.42. The molecule has 0 aromatic heterocycles. The Kier molecular flexibility index (Phi) is 7.25. The smallest absolute Gasteiger partial charge is 0.362 e. The standard InChI is InChI=1S/C12H22F3N3O2/c13-12(14,15)10-20-9-11(19)18-7-5-17(6-8-18)4-2-1-3-16/h1-10,16H2. The van der Waals surface area contributed by atoms with Gasteiger partial charge in [0.15, 0.2) is 0 Å². The quantitative estimate of drug-likeness (QED) is 0.693. The maximum absolute atomic E-state index is 11.9. The number of halogens is 3. The molecule has 1 heterocycles. The van der Waals surface area contributed by atoms with Gasteiger partial charge in [-0.3, -0.25) is 9.69 Å². The molecule has 0 spiro atoms. The van der Waals surface area contributed by atoms with Crippen molar-refractivity contribution < 1.29 is 22.7 Å². The van der Waals surface area contributed by atoms with Gasteiger partial charge in [0, 0.05) is 26.2 Å². The first-order valence-electron chi connectivity index (χ1n) is 6.77. The van der Waals surface area contributed by atoms with Gasteiger partial charge < -0.3 is 15.4 Å². The van der Waals surface area contributed by atoms with Gasteiger partial charge in [0.1, 0.15) is 13.2 Å². The lowest BCUT2D eigenvalue weighted by Crippen LogP contribution is -2.50. The first-order valence-corrected chi connectivity index (χ1v) is 6.77. The summed E-state index contributed by atoms with van der Waals surface area (Å²) in [6, 6.07) is 0. The normalized spacial score (nSPS) is 17.5. The van der Waals surface area contributed by atoms with Gasteiger partial charge in [0.2, 0.25) is 5.91 Å². The first kappa shape index (κ1) is 17.2. The molecule has 0 saturated carbocycles. The van der Waals surface area contributed by atoms with Gasteiger partial charge in [-0.2, -0.15) is 13.2 Å². The highest BCUT2D eigenvalue weighted by Gasteiger charge is 2.28. The zero-order chi connectivity index (χ0) is 15.0. The van der Waals surface area contributed by atoms with Crippen LogP contribution < -0.4 is 5.73 Å². The number of carbonyl (C=O) groups excluding carboxylic acids is 1. The molecule has 0 unspecified atom stereocenters. The lowest BCUT2D eigenvalue weighted by molar-refractivity contribution is -0.178. The number of piperazine rings is 1. The Morgan fingerprint density at radius 3 is 2.35 bits per heavy atom. The van der Waals surface area contributed by atoms with Gasteiger partial charge in [-0.25, -0.2) is 0 Å². The molecule has 0 aromatic rings. The predicted molar refractivity (Wildman–Crippen MR) is 68.2 cm³/mol. The molecule has 118 valence electrons. The van der Waals surface area contributed by atoms with E-state index in [1.165, 1.54) is 0 Å². The molecule has 1 saturated heterocycles. The number of ether oxygens (including phenoxy) is 1. The number of hydrogen-bond acceptors (Lipinski definition) is 4. The predicted octanol–water partition coefficient (Wildman–Crippen LogP) is 0.448. The number of carbonyl (C=O) groups is 1. The molecule has 1 amide bonds. The van der Waals surface area contributed by atoms with Crippen LogP contribution in [-0.4, -0.2) is 74.4 Å². The SMILES string of the molecule is NCCCCN1CCN(C(=O)COCC(F)(F)F)CC1. The van der Waals surface area contributed by atoms with E-state index in [4.69, 9.17) is 5.73 Å². The number of unbranched alkanes of at least 4 members (excludes halogenated alkanes) is 1. The summed E-state index contributed by atoms with van der Waals surface area (Å²) in [6.45, 7) is 2.31. The molecule has 0 radical (unpaired) electrons. The molecule has 5 nitrogen and oxygen atoms in total. The topological polar surface area (TPSA) is 58.8 Å². The highest BCUT2D eigenvalue weighted by atomic mass is 19.4. The van der Waals surface area contributed by atoms with E-state index >= 15 is 0 Å². The maximum atomic E-state index is 11.9. The number of hydrogen-bond donors (Lipinski definition) is 1. The number of nitrogens with two attached hydrogens (primary N) is 1. The average Bonchev–Trinajstić information content (AvgIpc) is 2.38. The molecule has 1 aliphatic heterocycles. The lowest BCUT2D eigenvalue weighted by atomic mass is 10.2. The zero-order valence-electron chi connectivity index (χ0n) is 11.5. The minimum absolute atomic E-state index is 0.379. The lowest BCUT2D eigenvalue weighted by Gasteiger charge is -2.34. The van der Waals surface area contributed by atoms with Crippen molar-refractivity contribution in [3.63, 3.8) is 0 Å². The van der Waals surface area contributed by atoms with Crippen molar-refractivity contribution in [3.05, 3.63) is 0 Å². The molecule has 0 atom stereocenters. The fraction of sp³-hybridized carbons (Fsp3) is 0.917. The van der Waals surface area contributed by atoms with Crippen molar-refractivity contribution in [2.45, 2.75) is 19.0 Å². The molecule has 1 fully saturated rings. The summed E-state index contributed by atoms with van der Waals surface area (Å²) < 4.78 is 40.0. The van der Waals surface area contributed by atoms with Crippen LogP contribution in [0.1, 0.15) is 12.8 Å². The number of amides is 1. The Bertz CT molecular complexity index is 292. The van der Waals surface area contributed by atoms with E-state index in [2.05, 4.69) is 9.64 Å². The molecule has 0 aromatic carbocycles. The van der Waals surface area contributed by atoms with Crippen molar-refractivity contribution in [2.75, 3.05) is 52.5 Å². The third-order valence-corrected chi connectivity index (χ3v) is 3.14. The Morgan fingerprint density at radius 2 is 1.80 bits per heavy atom. The monoisotopic (exact) mass is 297 g/mol. The van der Waals surface area contributed by atoms with E-state index in [-0.39, 0.29) is 5.91 Å². The van der Waals surface area contributed by atoms with Crippen molar-refractivity contribution in [3.8, 4) is 0 Å². The van der Waals surface area contributed by atoms with Gasteiger partial charge in [-0.15, -0.1) is 0 Å². The highest BCUT2D eigenvalue weighted by Crippen LogP contribution is 2.14. The Labute approximate surface area is 116 Å². The molecular weight excluding hydrogens is 275 g/mol. The fourth-order valence-electron chi connectivity index (χ4n) is 2.05. The molecule has 8 heteroatoms. The van der Waals surface area contributed by atoms with E-state index < -0.39 is 19.4 Å². The number of rotatable bonds is 7. The van der Waals surface area contributed by atoms with Crippen LogP contribution in [0.5, 0.6) is 0 Å². The minimum atomic E-state index is -4.39. The second kappa shape index (κ2) is 8.43. The van der Waals surface area contributed by atoms with Crippen LogP contribution in [0, 0.1) is 0 Å². The second-order valence-corrected chi connectivity index (χ2v) is 4.83. The summed E-state index contributed by atoms with van der Waals surface area (Å²) in [6.07, 6.45) is -2.38.